The highest BCUT2D eigenvalue weighted by molar-refractivity contribution is 5.79. The molecule has 2 atom stereocenters. The van der Waals surface area contributed by atoms with Gasteiger partial charge in [0.05, 0.1) is 5.69 Å². The van der Waals surface area contributed by atoms with Gasteiger partial charge >= 0.3 is 0 Å². The molecular formula is C12H18N6O. The van der Waals surface area contributed by atoms with Gasteiger partial charge in [-0.05, 0) is 31.4 Å². The highest BCUT2D eigenvalue weighted by Gasteiger charge is 2.32. The summed E-state index contributed by atoms with van der Waals surface area (Å²) in [4.78, 5) is 16.6. The Bertz CT molecular complexity index is 504. The number of rotatable bonds is 5. The molecule has 0 saturated carbocycles. The average molecular weight is 262 g/mol. The molecule has 1 aliphatic heterocycles. The first kappa shape index (κ1) is 13.4. The number of nitrogens with one attached hydrogen (secondary N) is 1. The lowest BCUT2D eigenvalue weighted by molar-refractivity contribution is -0.129. The van der Waals surface area contributed by atoms with Gasteiger partial charge in [0.25, 0.3) is 0 Å². The van der Waals surface area contributed by atoms with Crippen LogP contribution in [0.25, 0.3) is 10.4 Å². The number of H-pyrrole nitrogens is 1. The highest BCUT2D eigenvalue weighted by atomic mass is 16.2. The van der Waals surface area contributed by atoms with Crippen LogP contribution in [0.15, 0.2) is 11.2 Å². The summed E-state index contributed by atoms with van der Waals surface area (Å²) in [5.41, 5.74) is 10.3. The summed E-state index contributed by atoms with van der Waals surface area (Å²) in [6, 6.07) is 2.11. The van der Waals surface area contributed by atoms with E-state index in [1.54, 1.807) is 0 Å². The van der Waals surface area contributed by atoms with Crippen molar-refractivity contribution in [3.63, 3.8) is 0 Å². The Morgan fingerprint density at radius 2 is 2.53 bits per heavy atom. The SMILES string of the molecule is Cc1cc(CC(C)N2CC(CN=[N+]=[N-])CC2=O)n[nH]1. The summed E-state index contributed by atoms with van der Waals surface area (Å²) in [7, 11) is 0. The molecule has 2 rings (SSSR count). The zero-order valence-corrected chi connectivity index (χ0v) is 11.2. The Balaban J connectivity index is 1.93. The number of carbonyl (C=O) groups is 1. The van der Waals surface area contributed by atoms with E-state index in [0.29, 0.717) is 19.5 Å². The van der Waals surface area contributed by atoms with Crippen LogP contribution in [0.1, 0.15) is 24.7 Å². The number of carbonyl (C=O) groups excluding carboxylic acids is 1. The van der Waals surface area contributed by atoms with Gasteiger partial charge in [0, 0.05) is 42.6 Å². The number of likely N-dealkylation sites (tertiary alicyclic amines) is 1. The third kappa shape index (κ3) is 3.26. The van der Waals surface area contributed by atoms with Gasteiger partial charge in [-0.2, -0.15) is 5.10 Å². The maximum atomic E-state index is 11.9. The van der Waals surface area contributed by atoms with Crippen LogP contribution in [0.2, 0.25) is 0 Å². The standard InChI is InChI=1S/C12H18N6O/c1-8-3-11(16-15-8)4-9(2)18-7-10(5-12(18)19)6-14-17-13/h3,9-10H,4-7H2,1-2H3,(H,15,16). The smallest absolute Gasteiger partial charge is 0.223 e. The molecule has 1 fully saturated rings. The Morgan fingerprint density at radius 3 is 3.16 bits per heavy atom. The minimum atomic E-state index is 0.117. The van der Waals surface area contributed by atoms with Crippen LogP contribution in [0.4, 0.5) is 0 Å². The maximum Gasteiger partial charge on any atom is 0.223 e. The lowest BCUT2D eigenvalue weighted by atomic mass is 10.1. The second kappa shape index (κ2) is 5.75. The molecule has 0 aliphatic carbocycles. The predicted molar refractivity (Wildman–Crippen MR) is 70.3 cm³/mol. The zero-order valence-electron chi connectivity index (χ0n) is 11.2. The van der Waals surface area contributed by atoms with Crippen LogP contribution in [0, 0.1) is 12.8 Å². The number of aromatic nitrogens is 2. The molecule has 0 spiro atoms. The second-order valence-corrected chi connectivity index (χ2v) is 5.13. The van der Waals surface area contributed by atoms with Gasteiger partial charge in [-0.15, -0.1) is 0 Å². The molecule has 2 heterocycles. The molecule has 1 amide bonds. The first-order valence-electron chi connectivity index (χ1n) is 6.41. The molecule has 2 unspecified atom stereocenters. The minimum Gasteiger partial charge on any atom is -0.339 e. The van der Waals surface area contributed by atoms with E-state index in [2.05, 4.69) is 20.2 Å². The van der Waals surface area contributed by atoms with Crippen molar-refractivity contribution in [2.45, 2.75) is 32.7 Å². The molecule has 0 aromatic carbocycles. The van der Waals surface area contributed by atoms with Crippen molar-refractivity contribution in [2.24, 2.45) is 11.0 Å². The van der Waals surface area contributed by atoms with E-state index >= 15 is 0 Å². The number of aryl methyl sites for hydroxylation is 1. The van der Waals surface area contributed by atoms with Gasteiger partial charge in [0.2, 0.25) is 5.91 Å². The lowest BCUT2D eigenvalue weighted by Gasteiger charge is -2.24. The third-order valence-electron chi connectivity index (χ3n) is 3.44. The van der Waals surface area contributed by atoms with E-state index in [-0.39, 0.29) is 17.9 Å². The van der Waals surface area contributed by atoms with E-state index < -0.39 is 0 Å². The molecule has 102 valence electrons. The molecule has 1 aliphatic rings. The van der Waals surface area contributed by atoms with E-state index in [1.807, 2.05) is 24.8 Å². The van der Waals surface area contributed by atoms with E-state index in [0.717, 1.165) is 17.8 Å². The first-order valence-corrected chi connectivity index (χ1v) is 6.41. The zero-order chi connectivity index (χ0) is 13.8. The summed E-state index contributed by atoms with van der Waals surface area (Å²) < 4.78 is 0. The fourth-order valence-electron chi connectivity index (χ4n) is 2.50. The van der Waals surface area contributed by atoms with Gasteiger partial charge in [-0.3, -0.25) is 9.89 Å². The van der Waals surface area contributed by atoms with E-state index in [9.17, 15) is 4.79 Å². The second-order valence-electron chi connectivity index (χ2n) is 5.13. The van der Waals surface area contributed by atoms with Crippen molar-refractivity contribution in [1.82, 2.24) is 15.1 Å². The Hall–Kier alpha value is -2.01. The molecule has 1 aromatic rings. The Kier molecular flexibility index (Phi) is 4.06. The molecule has 0 bridgehead atoms. The molecule has 1 saturated heterocycles. The van der Waals surface area contributed by atoms with Crippen molar-refractivity contribution in [1.29, 1.82) is 0 Å². The van der Waals surface area contributed by atoms with Crippen molar-refractivity contribution >= 4 is 5.91 Å². The van der Waals surface area contributed by atoms with Crippen LogP contribution in [0.5, 0.6) is 0 Å². The van der Waals surface area contributed by atoms with Crippen molar-refractivity contribution in [2.75, 3.05) is 13.1 Å². The normalized spacial score (nSPS) is 20.4. The monoisotopic (exact) mass is 262 g/mol. The van der Waals surface area contributed by atoms with Crippen molar-refractivity contribution in [3.05, 3.63) is 27.9 Å². The summed E-state index contributed by atoms with van der Waals surface area (Å²) in [6.45, 7) is 5.05. The lowest BCUT2D eigenvalue weighted by Crippen LogP contribution is -2.36. The molecule has 1 aromatic heterocycles. The fraction of sp³-hybridized carbons (Fsp3) is 0.667. The quantitative estimate of drug-likeness (QED) is 0.497. The van der Waals surface area contributed by atoms with Crippen molar-refractivity contribution < 1.29 is 4.79 Å². The van der Waals surface area contributed by atoms with E-state index in [4.69, 9.17) is 5.53 Å². The summed E-state index contributed by atoms with van der Waals surface area (Å²) >= 11 is 0. The van der Waals surface area contributed by atoms with Gasteiger partial charge in [0.1, 0.15) is 0 Å². The molecule has 1 N–H and O–H groups in total. The molecule has 7 nitrogen and oxygen atoms in total. The van der Waals surface area contributed by atoms with Gasteiger partial charge in [0.15, 0.2) is 0 Å². The maximum absolute atomic E-state index is 11.9. The number of hydrogen-bond acceptors (Lipinski definition) is 3. The average Bonchev–Trinajstić information content (AvgIpc) is 2.93. The summed E-state index contributed by atoms with van der Waals surface area (Å²) in [5, 5.41) is 10.6. The number of azide groups is 1. The van der Waals surface area contributed by atoms with Crippen LogP contribution in [-0.2, 0) is 11.2 Å². The predicted octanol–water partition coefficient (Wildman–Crippen LogP) is 1.81. The molecule has 0 radical (unpaired) electrons. The molecule has 7 heteroatoms. The highest BCUT2D eigenvalue weighted by Crippen LogP contribution is 2.22. The summed E-state index contributed by atoms with van der Waals surface area (Å²) in [5.74, 6) is 0.282. The third-order valence-corrected chi connectivity index (χ3v) is 3.44. The van der Waals surface area contributed by atoms with Crippen molar-refractivity contribution in [3.8, 4) is 0 Å². The fourth-order valence-corrected chi connectivity index (χ4v) is 2.50. The molecule has 19 heavy (non-hydrogen) atoms. The Labute approximate surface area is 111 Å². The summed E-state index contributed by atoms with van der Waals surface area (Å²) in [6.07, 6.45) is 1.22. The van der Waals surface area contributed by atoms with Gasteiger partial charge in [-0.1, -0.05) is 5.11 Å². The largest absolute Gasteiger partial charge is 0.339 e. The number of amides is 1. The van der Waals surface area contributed by atoms with Crippen LogP contribution in [-0.4, -0.2) is 40.1 Å². The minimum absolute atomic E-state index is 0.117. The van der Waals surface area contributed by atoms with Gasteiger partial charge < -0.3 is 4.90 Å². The first-order chi connectivity index (χ1) is 9.10. The number of hydrogen-bond donors (Lipinski definition) is 1. The topological polar surface area (TPSA) is 97.8 Å². The molecular weight excluding hydrogens is 244 g/mol. The van der Waals surface area contributed by atoms with Crippen LogP contribution in [0.3, 0.4) is 0 Å². The Morgan fingerprint density at radius 1 is 1.74 bits per heavy atom. The number of nitrogens with zero attached hydrogens (tertiary/aromatic N) is 5. The number of aromatic amines is 1. The van der Waals surface area contributed by atoms with E-state index in [1.165, 1.54) is 0 Å². The van der Waals surface area contributed by atoms with Gasteiger partial charge in [-0.25, -0.2) is 0 Å². The van der Waals surface area contributed by atoms with Crippen LogP contribution >= 0.6 is 0 Å². The van der Waals surface area contributed by atoms with Crippen LogP contribution < -0.4 is 0 Å².